The Bertz CT molecular complexity index is 594. The molecule has 1 aliphatic carbocycles. The molecule has 7 heteroatoms. The van der Waals surface area contributed by atoms with E-state index in [1.54, 1.807) is 0 Å². The van der Waals surface area contributed by atoms with Crippen LogP contribution in [0.3, 0.4) is 0 Å². The van der Waals surface area contributed by atoms with Gasteiger partial charge in [0.05, 0.1) is 11.6 Å². The van der Waals surface area contributed by atoms with E-state index in [0.717, 1.165) is 34.8 Å². The first-order valence-corrected chi connectivity index (χ1v) is 12.3. The highest BCUT2D eigenvalue weighted by Crippen LogP contribution is 2.53. The van der Waals surface area contributed by atoms with Crippen LogP contribution in [-0.2, 0) is 4.79 Å². The fraction of sp³-hybridized carbons (Fsp3) is 0.611. The Kier molecular flexibility index (Phi) is 8.57. The highest BCUT2D eigenvalue weighted by molar-refractivity contribution is 14.1. The number of Topliss-reactive ketones (excluding diaryl/α,β-unsaturated/α-hetero) is 1. The van der Waals surface area contributed by atoms with Gasteiger partial charge in [0.1, 0.15) is 6.16 Å². The van der Waals surface area contributed by atoms with E-state index in [4.69, 9.17) is 11.6 Å². The summed E-state index contributed by atoms with van der Waals surface area (Å²) in [6.07, 6.45) is 5.98. The molecule has 140 valence electrons. The van der Waals surface area contributed by atoms with Crippen LogP contribution in [0.4, 0.5) is 0 Å². The minimum absolute atomic E-state index is 0.00167. The normalized spacial score (nSPS) is 17.5. The van der Waals surface area contributed by atoms with Gasteiger partial charge in [0.25, 0.3) is 7.72 Å². The summed E-state index contributed by atoms with van der Waals surface area (Å²) in [5.41, 5.74) is 1.05. The predicted molar refractivity (Wildman–Crippen MR) is 113 cm³/mol. The van der Waals surface area contributed by atoms with Crippen molar-refractivity contribution in [1.29, 1.82) is 0 Å². The average Bonchev–Trinajstić information content (AvgIpc) is 2.55. The van der Waals surface area contributed by atoms with Gasteiger partial charge in [-0.05, 0) is 66.0 Å². The third-order valence-electron chi connectivity index (χ3n) is 4.75. The Hall–Kier alpha value is 0.220. The van der Waals surface area contributed by atoms with E-state index in [2.05, 4.69) is 27.9 Å². The van der Waals surface area contributed by atoms with Crippen molar-refractivity contribution in [1.82, 2.24) is 5.32 Å². The zero-order valence-corrected chi connectivity index (χ0v) is 18.4. The molecule has 0 amide bonds. The summed E-state index contributed by atoms with van der Waals surface area (Å²) < 4.78 is 0.972. The number of nitrogens with one attached hydrogen (secondary N) is 1. The van der Waals surface area contributed by atoms with Crippen LogP contribution in [0, 0.1) is 9.49 Å². The van der Waals surface area contributed by atoms with E-state index in [1.807, 2.05) is 25.1 Å². The van der Waals surface area contributed by atoms with Crippen molar-refractivity contribution < 1.29 is 14.6 Å². The lowest BCUT2D eigenvalue weighted by atomic mass is 9.91. The van der Waals surface area contributed by atoms with Gasteiger partial charge in [-0.25, -0.2) is 9.79 Å². The maximum atomic E-state index is 12.2. The van der Waals surface area contributed by atoms with E-state index in [-0.39, 0.29) is 24.5 Å². The van der Waals surface area contributed by atoms with Gasteiger partial charge in [0.15, 0.2) is 11.9 Å². The second-order valence-electron chi connectivity index (χ2n) is 7.04. The SMILES string of the molecule is CC(NCC(=O)C[P+](O)(O)CC1CCCCC1)c1ccc(Cl)c(I)c1. The minimum Gasteiger partial charge on any atom is -0.303 e. The Labute approximate surface area is 169 Å². The third-order valence-corrected chi connectivity index (χ3v) is 8.26. The van der Waals surface area contributed by atoms with Gasteiger partial charge in [-0.2, -0.15) is 0 Å². The number of rotatable bonds is 8. The van der Waals surface area contributed by atoms with E-state index >= 15 is 0 Å². The molecule has 1 aromatic rings. The molecule has 1 atom stereocenters. The van der Waals surface area contributed by atoms with Crippen molar-refractivity contribution in [2.45, 2.75) is 45.1 Å². The molecule has 2 rings (SSSR count). The lowest BCUT2D eigenvalue weighted by Crippen LogP contribution is -2.29. The number of ketones is 1. The topological polar surface area (TPSA) is 69.6 Å². The second kappa shape index (κ2) is 9.95. The van der Waals surface area contributed by atoms with Crippen LogP contribution in [0.1, 0.15) is 50.6 Å². The van der Waals surface area contributed by atoms with Crippen LogP contribution in [0.25, 0.3) is 0 Å². The third kappa shape index (κ3) is 7.39. The summed E-state index contributed by atoms with van der Waals surface area (Å²) in [5, 5.41) is 3.88. The molecule has 1 aliphatic rings. The van der Waals surface area contributed by atoms with Gasteiger partial charge in [-0.15, -0.1) is 0 Å². The summed E-state index contributed by atoms with van der Waals surface area (Å²) in [4.78, 5) is 32.8. The fourth-order valence-electron chi connectivity index (χ4n) is 3.35. The van der Waals surface area contributed by atoms with Crippen LogP contribution in [0.2, 0.25) is 5.02 Å². The Balaban J connectivity index is 1.79. The molecule has 0 saturated heterocycles. The van der Waals surface area contributed by atoms with E-state index in [1.165, 1.54) is 6.42 Å². The maximum Gasteiger partial charge on any atom is 0.275 e. The molecule has 0 radical (unpaired) electrons. The molecule has 0 spiro atoms. The molecule has 4 nitrogen and oxygen atoms in total. The quantitative estimate of drug-likeness (QED) is 0.363. The summed E-state index contributed by atoms with van der Waals surface area (Å²) in [5.74, 6) is 0.234. The number of halogens is 2. The number of benzene rings is 1. The monoisotopic (exact) mass is 498 g/mol. The summed E-state index contributed by atoms with van der Waals surface area (Å²) >= 11 is 8.21. The molecule has 0 aromatic heterocycles. The van der Waals surface area contributed by atoms with Gasteiger partial charge in [0, 0.05) is 9.61 Å². The molecule has 1 aromatic carbocycles. The predicted octanol–water partition coefficient (Wildman–Crippen LogP) is 4.58. The zero-order valence-electron chi connectivity index (χ0n) is 14.5. The molecule has 1 fully saturated rings. The van der Waals surface area contributed by atoms with Gasteiger partial charge < -0.3 is 5.32 Å². The highest BCUT2D eigenvalue weighted by Gasteiger charge is 2.39. The Morgan fingerprint density at radius 2 is 2.04 bits per heavy atom. The smallest absolute Gasteiger partial charge is 0.275 e. The zero-order chi connectivity index (χ0) is 18.4. The number of carbonyl (C=O) groups is 1. The Morgan fingerprint density at radius 1 is 1.36 bits per heavy atom. The van der Waals surface area contributed by atoms with Crippen LogP contribution in [0.5, 0.6) is 0 Å². The summed E-state index contributed by atoms with van der Waals surface area (Å²) in [7, 11) is -3.12. The van der Waals surface area contributed by atoms with Gasteiger partial charge in [-0.3, -0.25) is 4.79 Å². The van der Waals surface area contributed by atoms with Gasteiger partial charge in [-0.1, -0.05) is 36.9 Å². The number of hydrogen-bond donors (Lipinski definition) is 3. The fourth-order valence-corrected chi connectivity index (χ4v) is 6.01. The maximum absolute atomic E-state index is 12.2. The van der Waals surface area contributed by atoms with Crippen molar-refractivity contribution >= 4 is 47.7 Å². The molecule has 0 bridgehead atoms. The first-order valence-electron chi connectivity index (χ1n) is 8.79. The minimum atomic E-state index is -3.12. The molecule has 0 aliphatic heterocycles. The summed E-state index contributed by atoms with van der Waals surface area (Å²) in [6.45, 7) is 2.13. The molecule has 25 heavy (non-hydrogen) atoms. The van der Waals surface area contributed by atoms with E-state index in [9.17, 15) is 14.6 Å². The molecule has 3 N–H and O–H groups in total. The molecular formula is C18H27ClINO3P+. The Morgan fingerprint density at radius 3 is 2.68 bits per heavy atom. The van der Waals surface area contributed by atoms with Crippen LogP contribution in [-0.4, -0.2) is 34.4 Å². The van der Waals surface area contributed by atoms with E-state index < -0.39 is 7.72 Å². The average molecular weight is 499 g/mol. The second-order valence-corrected chi connectivity index (χ2v) is 11.0. The van der Waals surface area contributed by atoms with Crippen LogP contribution >= 0.6 is 41.9 Å². The molecule has 1 saturated carbocycles. The van der Waals surface area contributed by atoms with Crippen molar-refractivity contribution in [2.24, 2.45) is 5.92 Å². The standard InChI is InChI=1S/C18H27ClINO3P/c1-13(15-7-8-17(19)18(20)9-15)21-10-16(22)12-25(23,24)11-14-5-3-2-4-6-14/h7-9,13-14,21,23-24H,2-6,10-12H2,1H3/q+1. The van der Waals surface area contributed by atoms with Gasteiger partial charge >= 0.3 is 0 Å². The first-order chi connectivity index (χ1) is 11.8. The molecule has 0 heterocycles. The van der Waals surface area contributed by atoms with Crippen molar-refractivity contribution in [3.63, 3.8) is 0 Å². The number of carbonyl (C=O) groups excluding carboxylic acids is 1. The largest absolute Gasteiger partial charge is 0.303 e. The van der Waals surface area contributed by atoms with Crippen molar-refractivity contribution in [3.05, 3.63) is 32.4 Å². The number of hydrogen-bond acceptors (Lipinski definition) is 4. The molecular weight excluding hydrogens is 472 g/mol. The van der Waals surface area contributed by atoms with Crippen molar-refractivity contribution in [2.75, 3.05) is 18.9 Å². The van der Waals surface area contributed by atoms with Crippen molar-refractivity contribution in [3.8, 4) is 0 Å². The van der Waals surface area contributed by atoms with Crippen LogP contribution < -0.4 is 5.32 Å². The summed E-state index contributed by atoms with van der Waals surface area (Å²) in [6, 6.07) is 5.77. The highest BCUT2D eigenvalue weighted by atomic mass is 127. The molecule has 1 unspecified atom stereocenters. The van der Waals surface area contributed by atoms with E-state index in [0.29, 0.717) is 17.1 Å². The lowest BCUT2D eigenvalue weighted by Gasteiger charge is -2.23. The first kappa shape index (κ1) is 21.5. The van der Waals surface area contributed by atoms with Gasteiger partial charge in [0.2, 0.25) is 0 Å². The lowest BCUT2D eigenvalue weighted by molar-refractivity contribution is -0.116. The van der Waals surface area contributed by atoms with Crippen LogP contribution in [0.15, 0.2) is 18.2 Å².